The molecule has 3 rings (SSSR count). The van der Waals surface area contributed by atoms with Crippen molar-refractivity contribution in [2.45, 2.75) is 72.3 Å². The summed E-state index contributed by atoms with van der Waals surface area (Å²) < 4.78 is 1.31. The second-order valence-electron chi connectivity index (χ2n) is 7.52. The predicted molar refractivity (Wildman–Crippen MR) is 112 cm³/mol. The Morgan fingerprint density at radius 1 is 1.07 bits per heavy atom. The molecule has 2 aromatic rings. The lowest BCUT2D eigenvalue weighted by molar-refractivity contribution is 0.266. The number of aryl methyl sites for hydroxylation is 2. The van der Waals surface area contributed by atoms with Gasteiger partial charge in [-0.15, -0.1) is 0 Å². The van der Waals surface area contributed by atoms with E-state index in [4.69, 9.17) is 5.11 Å². The number of nitrogens with zero attached hydrogens (tertiary/aromatic N) is 2. The third-order valence-corrected chi connectivity index (χ3v) is 5.11. The van der Waals surface area contributed by atoms with Gasteiger partial charge in [0.25, 0.3) is 5.56 Å². The second kappa shape index (κ2) is 11.0. The van der Waals surface area contributed by atoms with E-state index in [-0.39, 0.29) is 18.7 Å². The molecule has 1 saturated carbocycles. The number of aliphatic hydroxyl groups is 1. The number of aromatic nitrogens is 2. The molecule has 0 radical (unpaired) electrons. The largest absolute Gasteiger partial charge is 0.394 e. The maximum atomic E-state index is 11.7. The third-order valence-electron chi connectivity index (χ3n) is 5.11. The Balaban J connectivity index is 0.000000451. The van der Waals surface area contributed by atoms with Crippen LogP contribution in [0, 0.1) is 5.92 Å². The number of rotatable bonds is 7. The van der Waals surface area contributed by atoms with E-state index >= 15 is 0 Å². The summed E-state index contributed by atoms with van der Waals surface area (Å²) in [5, 5.41) is 13.4. The molecule has 0 spiro atoms. The molecule has 1 N–H and O–H groups in total. The summed E-state index contributed by atoms with van der Waals surface area (Å²) in [5.41, 5.74) is 4.37. The molecular formula is C23H34N2O2. The average Bonchev–Trinajstić information content (AvgIpc) is 2.64. The molecule has 0 saturated heterocycles. The van der Waals surface area contributed by atoms with E-state index in [9.17, 15) is 4.79 Å². The highest BCUT2D eigenvalue weighted by Gasteiger charge is 2.09. The van der Waals surface area contributed by atoms with Crippen LogP contribution in [0.15, 0.2) is 35.1 Å². The van der Waals surface area contributed by atoms with E-state index in [2.05, 4.69) is 44.1 Å². The van der Waals surface area contributed by atoms with Crippen LogP contribution in [0.25, 0.3) is 11.3 Å². The second-order valence-corrected chi connectivity index (χ2v) is 7.52. The zero-order valence-electron chi connectivity index (χ0n) is 17.1. The Labute approximate surface area is 163 Å². The number of hydrogen-bond donors (Lipinski definition) is 1. The summed E-state index contributed by atoms with van der Waals surface area (Å²) in [6, 6.07) is 9.69. The van der Waals surface area contributed by atoms with Gasteiger partial charge in [-0.2, -0.15) is 5.10 Å². The van der Waals surface area contributed by atoms with Crippen LogP contribution >= 0.6 is 0 Å². The number of benzene rings is 1. The monoisotopic (exact) mass is 370 g/mol. The summed E-state index contributed by atoms with van der Waals surface area (Å²) in [6.45, 7) is 6.82. The Morgan fingerprint density at radius 2 is 1.74 bits per heavy atom. The van der Waals surface area contributed by atoms with Gasteiger partial charge in [-0.3, -0.25) is 4.79 Å². The topological polar surface area (TPSA) is 55.1 Å². The van der Waals surface area contributed by atoms with E-state index in [0.717, 1.165) is 42.9 Å². The van der Waals surface area contributed by atoms with Crippen molar-refractivity contribution in [3.05, 3.63) is 51.8 Å². The first-order valence-corrected chi connectivity index (χ1v) is 10.4. The molecule has 0 bridgehead atoms. The summed E-state index contributed by atoms with van der Waals surface area (Å²) in [5.74, 6) is 1.06. The van der Waals surface area contributed by atoms with E-state index in [1.54, 1.807) is 6.07 Å². The highest BCUT2D eigenvalue weighted by atomic mass is 16.3. The van der Waals surface area contributed by atoms with Crippen molar-refractivity contribution in [3.63, 3.8) is 0 Å². The van der Waals surface area contributed by atoms with Crippen LogP contribution in [-0.4, -0.2) is 21.5 Å². The van der Waals surface area contributed by atoms with Crippen molar-refractivity contribution in [2.24, 2.45) is 5.92 Å². The van der Waals surface area contributed by atoms with Crippen molar-refractivity contribution >= 4 is 0 Å². The van der Waals surface area contributed by atoms with E-state index < -0.39 is 0 Å². The van der Waals surface area contributed by atoms with Crippen LogP contribution in [0.3, 0.4) is 0 Å². The van der Waals surface area contributed by atoms with Crippen molar-refractivity contribution in [3.8, 4) is 11.3 Å². The van der Waals surface area contributed by atoms with Crippen LogP contribution in [0.2, 0.25) is 0 Å². The third kappa shape index (κ3) is 6.31. The molecular weight excluding hydrogens is 336 g/mol. The first-order chi connectivity index (χ1) is 13.1. The standard InChI is InChI=1S/C18H24N2O2.C5H10/c1-3-5-14-7-8-16(13-15(14)6-4-2)17-9-10-18(22)20(19-17)11-12-21;1-5-3-2-4-5/h7-10,13,21H,3-6,11-12H2,1-2H3;5H,2-4H2,1H3. The maximum absolute atomic E-state index is 11.7. The number of aliphatic hydroxyl groups excluding tert-OH is 1. The first kappa shape index (κ1) is 21.4. The van der Waals surface area contributed by atoms with Crippen LogP contribution in [0.4, 0.5) is 0 Å². The van der Waals surface area contributed by atoms with Crippen molar-refractivity contribution < 1.29 is 5.11 Å². The van der Waals surface area contributed by atoms with Gasteiger partial charge in [0.05, 0.1) is 18.8 Å². The minimum Gasteiger partial charge on any atom is -0.394 e. The van der Waals surface area contributed by atoms with Gasteiger partial charge < -0.3 is 5.11 Å². The lowest BCUT2D eigenvalue weighted by Gasteiger charge is -2.18. The average molecular weight is 371 g/mol. The van der Waals surface area contributed by atoms with Gasteiger partial charge in [-0.1, -0.05) is 65.0 Å². The minimum absolute atomic E-state index is 0.0904. The summed E-state index contributed by atoms with van der Waals surface area (Å²) in [7, 11) is 0. The Bertz CT molecular complexity index is 763. The highest BCUT2D eigenvalue weighted by molar-refractivity contribution is 5.60. The van der Waals surface area contributed by atoms with Crippen LogP contribution in [0.5, 0.6) is 0 Å². The van der Waals surface area contributed by atoms with Gasteiger partial charge in [0.1, 0.15) is 0 Å². The molecule has 0 aliphatic heterocycles. The van der Waals surface area contributed by atoms with Crippen molar-refractivity contribution in [2.75, 3.05) is 6.61 Å². The smallest absolute Gasteiger partial charge is 0.266 e. The molecule has 4 nitrogen and oxygen atoms in total. The Kier molecular flexibility index (Phi) is 8.73. The van der Waals surface area contributed by atoms with E-state index in [1.165, 1.54) is 41.1 Å². The molecule has 1 aliphatic rings. The molecule has 4 heteroatoms. The molecule has 27 heavy (non-hydrogen) atoms. The van der Waals surface area contributed by atoms with Gasteiger partial charge in [0, 0.05) is 11.6 Å². The van der Waals surface area contributed by atoms with Crippen molar-refractivity contribution in [1.29, 1.82) is 0 Å². The van der Waals surface area contributed by atoms with E-state index in [0.29, 0.717) is 0 Å². The zero-order chi connectivity index (χ0) is 19.6. The SMILES string of the molecule is CC1CCC1.CCCc1ccc(-c2ccc(=O)n(CCO)n2)cc1CCC. The fourth-order valence-corrected chi connectivity index (χ4v) is 3.27. The van der Waals surface area contributed by atoms with Crippen LogP contribution in [-0.2, 0) is 19.4 Å². The lowest BCUT2D eigenvalue weighted by atomic mass is 9.88. The van der Waals surface area contributed by atoms with Gasteiger partial charge in [0.2, 0.25) is 0 Å². The molecule has 1 aromatic heterocycles. The molecule has 0 unspecified atom stereocenters. The van der Waals surface area contributed by atoms with Crippen LogP contribution in [0.1, 0.15) is 64.0 Å². The molecule has 1 aliphatic carbocycles. The predicted octanol–water partition coefficient (Wildman–Crippen LogP) is 4.61. The lowest BCUT2D eigenvalue weighted by Crippen LogP contribution is -2.23. The number of hydrogen-bond acceptors (Lipinski definition) is 3. The Hall–Kier alpha value is -1.94. The molecule has 1 aromatic carbocycles. The summed E-state index contributed by atoms with van der Waals surface area (Å²) in [4.78, 5) is 11.7. The maximum Gasteiger partial charge on any atom is 0.266 e. The molecule has 148 valence electrons. The fourth-order valence-electron chi connectivity index (χ4n) is 3.27. The van der Waals surface area contributed by atoms with Gasteiger partial charge >= 0.3 is 0 Å². The zero-order valence-corrected chi connectivity index (χ0v) is 17.1. The highest BCUT2D eigenvalue weighted by Crippen LogP contribution is 2.24. The summed E-state index contributed by atoms with van der Waals surface area (Å²) in [6.07, 6.45) is 8.85. The molecule has 1 fully saturated rings. The molecule has 0 amide bonds. The molecule has 0 atom stereocenters. The van der Waals surface area contributed by atoms with E-state index in [1.807, 2.05) is 0 Å². The summed E-state index contributed by atoms with van der Waals surface area (Å²) >= 11 is 0. The minimum atomic E-state index is -0.186. The van der Waals surface area contributed by atoms with Gasteiger partial charge in [-0.05, 0) is 42.0 Å². The van der Waals surface area contributed by atoms with Crippen molar-refractivity contribution in [1.82, 2.24) is 9.78 Å². The Morgan fingerprint density at radius 3 is 2.30 bits per heavy atom. The fraction of sp³-hybridized carbons (Fsp3) is 0.565. The quantitative estimate of drug-likeness (QED) is 0.774. The van der Waals surface area contributed by atoms with Gasteiger partial charge in [0.15, 0.2) is 0 Å². The van der Waals surface area contributed by atoms with Crippen LogP contribution < -0.4 is 5.56 Å². The van der Waals surface area contributed by atoms with Gasteiger partial charge in [-0.25, -0.2) is 4.68 Å². The molecule has 1 heterocycles. The normalized spacial score (nSPS) is 13.6. The first-order valence-electron chi connectivity index (χ1n) is 10.4.